The predicted molar refractivity (Wildman–Crippen MR) is 144 cm³/mol. The second kappa shape index (κ2) is 13.4. The van der Waals surface area contributed by atoms with Gasteiger partial charge >= 0.3 is 19.4 Å². The maximum Gasteiger partial charge on any atom is 0.459 e. The number of hydrogen-bond acceptors (Lipinski definition) is 11. The van der Waals surface area contributed by atoms with Crippen LogP contribution in [0.1, 0.15) is 39.0 Å². The average Bonchev–Trinajstić information content (AvgIpc) is 3.14. The summed E-state index contributed by atoms with van der Waals surface area (Å²) >= 11 is 0. The van der Waals surface area contributed by atoms with Crippen LogP contribution in [0.5, 0.6) is 5.75 Å². The molecule has 1 aromatic heterocycles. The molecule has 16 nitrogen and oxygen atoms in total. The number of aryl methyl sites for hydroxylation is 1. The number of aliphatic hydroxyl groups is 2. The zero-order valence-electron chi connectivity index (χ0n) is 22.9. The molecule has 3 rings (SSSR count). The van der Waals surface area contributed by atoms with Crippen LogP contribution in [-0.4, -0.2) is 62.9 Å². The van der Waals surface area contributed by atoms with Gasteiger partial charge in [-0.1, -0.05) is 36.7 Å². The van der Waals surface area contributed by atoms with E-state index in [1.165, 1.54) is 12.1 Å². The third-order valence-corrected chi connectivity index (χ3v) is 7.59. The molecule has 0 aliphatic carbocycles. The number of esters is 1. The molecule has 0 bridgehead atoms. The van der Waals surface area contributed by atoms with Crippen LogP contribution in [0, 0.1) is 12.8 Å². The zero-order chi connectivity index (χ0) is 30.4. The molecule has 0 radical (unpaired) electrons. The van der Waals surface area contributed by atoms with Gasteiger partial charge in [0.1, 0.15) is 24.0 Å². The number of rotatable bonds is 13. The first-order valence-corrected chi connectivity index (χ1v) is 14.2. The number of benzene rings is 1. The van der Waals surface area contributed by atoms with Gasteiger partial charge in [-0.3, -0.25) is 14.1 Å². The van der Waals surface area contributed by atoms with Crippen molar-refractivity contribution < 1.29 is 38.1 Å². The number of nitrogens with one attached hydrogen (secondary N) is 2. The SMILES string of the molecule is CCOC(=O)[C@H](CC(C)C)NP(=O)(OC[C@@]1(N=[N+]=[N-])O[C@@H](n2c(=O)cc[nH]c2=O)[C@H](O)[C@@H]1O)Oc1ccc(C)cc1. The van der Waals surface area contributed by atoms with E-state index in [1.54, 1.807) is 19.1 Å². The molecule has 1 saturated heterocycles. The number of aromatic amines is 1. The van der Waals surface area contributed by atoms with Gasteiger partial charge in [0.15, 0.2) is 6.23 Å². The first-order valence-electron chi connectivity index (χ1n) is 12.7. The molecule has 1 fully saturated rings. The molecule has 0 amide bonds. The summed E-state index contributed by atoms with van der Waals surface area (Å²) in [5.74, 6) is -0.695. The third-order valence-electron chi connectivity index (χ3n) is 6.04. The highest BCUT2D eigenvalue weighted by Gasteiger charge is 2.57. The van der Waals surface area contributed by atoms with Gasteiger partial charge in [-0.05, 0) is 43.9 Å². The Morgan fingerprint density at radius 3 is 2.56 bits per heavy atom. The normalized spacial score (nSPS) is 24.3. The first kappa shape index (κ1) is 32.0. The van der Waals surface area contributed by atoms with Gasteiger partial charge in [0, 0.05) is 17.2 Å². The predicted octanol–water partition coefficient (Wildman–Crippen LogP) is 1.87. The Balaban J connectivity index is 1.99. The van der Waals surface area contributed by atoms with E-state index in [0.29, 0.717) is 4.57 Å². The minimum absolute atomic E-state index is 0.0520. The third kappa shape index (κ3) is 7.63. The number of H-pyrrole nitrogens is 1. The van der Waals surface area contributed by atoms with Crippen LogP contribution in [0.15, 0.2) is 51.2 Å². The fraction of sp³-hybridized carbons (Fsp3) is 0.542. The van der Waals surface area contributed by atoms with Crippen LogP contribution in [0.4, 0.5) is 0 Å². The Morgan fingerprint density at radius 1 is 1.29 bits per heavy atom. The molecule has 2 heterocycles. The number of aromatic nitrogens is 2. The molecule has 224 valence electrons. The maximum absolute atomic E-state index is 14.1. The second-order valence-electron chi connectivity index (χ2n) is 9.71. The van der Waals surface area contributed by atoms with Gasteiger partial charge in [0.05, 0.1) is 13.2 Å². The van der Waals surface area contributed by atoms with Crippen molar-refractivity contribution in [3.63, 3.8) is 0 Å². The Kier molecular flexibility index (Phi) is 10.5. The topological polar surface area (TPSA) is 227 Å². The van der Waals surface area contributed by atoms with Gasteiger partial charge in [-0.15, -0.1) is 0 Å². The lowest BCUT2D eigenvalue weighted by Crippen LogP contribution is -2.46. The van der Waals surface area contributed by atoms with Crippen molar-refractivity contribution in [3.05, 3.63) is 73.4 Å². The van der Waals surface area contributed by atoms with Crippen molar-refractivity contribution in [2.24, 2.45) is 11.0 Å². The summed E-state index contributed by atoms with van der Waals surface area (Å²) in [7, 11) is -4.57. The van der Waals surface area contributed by atoms with Crippen molar-refractivity contribution in [2.75, 3.05) is 13.2 Å². The zero-order valence-corrected chi connectivity index (χ0v) is 23.8. The van der Waals surface area contributed by atoms with E-state index in [4.69, 9.17) is 18.5 Å². The lowest BCUT2D eigenvalue weighted by molar-refractivity contribution is -0.145. The fourth-order valence-corrected chi connectivity index (χ4v) is 5.60. The monoisotopic (exact) mass is 596 g/mol. The molecular weight excluding hydrogens is 563 g/mol. The Morgan fingerprint density at radius 2 is 1.98 bits per heavy atom. The van der Waals surface area contributed by atoms with Crippen molar-refractivity contribution in [1.29, 1.82) is 0 Å². The molecule has 1 aliphatic rings. The highest BCUT2D eigenvalue weighted by molar-refractivity contribution is 7.52. The van der Waals surface area contributed by atoms with E-state index in [2.05, 4.69) is 20.1 Å². The summed E-state index contributed by atoms with van der Waals surface area (Å²) in [6.45, 7) is 6.14. The first-order chi connectivity index (χ1) is 19.3. The largest absolute Gasteiger partial charge is 0.465 e. The van der Waals surface area contributed by atoms with Gasteiger partial charge < -0.3 is 29.2 Å². The van der Waals surface area contributed by atoms with Crippen molar-refractivity contribution in [3.8, 4) is 5.75 Å². The smallest absolute Gasteiger partial charge is 0.459 e. The number of nitrogens with zero attached hydrogens (tertiary/aromatic N) is 4. The van der Waals surface area contributed by atoms with Gasteiger partial charge in [0.2, 0.25) is 5.72 Å². The lowest BCUT2D eigenvalue weighted by Gasteiger charge is -2.30. The Labute approximate surface area is 234 Å². The number of azide groups is 1. The van der Waals surface area contributed by atoms with E-state index in [-0.39, 0.29) is 24.7 Å². The summed E-state index contributed by atoms with van der Waals surface area (Å²) in [5, 5.41) is 27.5. The minimum Gasteiger partial charge on any atom is -0.465 e. The van der Waals surface area contributed by atoms with E-state index in [0.717, 1.165) is 17.8 Å². The highest BCUT2D eigenvalue weighted by atomic mass is 31.2. The number of carbonyl (C=O) groups is 1. The number of carbonyl (C=O) groups excluding carboxylic acids is 1. The lowest BCUT2D eigenvalue weighted by atomic mass is 10.1. The van der Waals surface area contributed by atoms with Gasteiger partial charge in [0.25, 0.3) is 5.56 Å². The summed E-state index contributed by atoms with van der Waals surface area (Å²) < 4.78 is 36.5. The van der Waals surface area contributed by atoms with E-state index in [1.807, 2.05) is 20.8 Å². The van der Waals surface area contributed by atoms with Gasteiger partial charge in [-0.2, -0.15) is 5.09 Å². The van der Waals surface area contributed by atoms with Crippen LogP contribution >= 0.6 is 7.75 Å². The maximum atomic E-state index is 14.1. The average molecular weight is 597 g/mol. The van der Waals surface area contributed by atoms with Gasteiger partial charge in [-0.25, -0.2) is 13.9 Å². The van der Waals surface area contributed by atoms with Crippen LogP contribution in [0.2, 0.25) is 0 Å². The van der Waals surface area contributed by atoms with Crippen LogP contribution in [-0.2, 0) is 23.4 Å². The van der Waals surface area contributed by atoms with Crippen LogP contribution < -0.4 is 20.9 Å². The molecule has 1 unspecified atom stereocenters. The molecule has 0 spiro atoms. The molecule has 41 heavy (non-hydrogen) atoms. The quantitative estimate of drug-likeness (QED) is 0.0858. The summed E-state index contributed by atoms with van der Waals surface area (Å²) in [6, 6.07) is 6.19. The molecule has 17 heteroatoms. The van der Waals surface area contributed by atoms with E-state index in [9.17, 15) is 34.7 Å². The number of hydrogen-bond donors (Lipinski definition) is 4. The van der Waals surface area contributed by atoms with Crippen molar-refractivity contribution in [1.82, 2.24) is 14.6 Å². The van der Waals surface area contributed by atoms with E-state index >= 15 is 0 Å². The van der Waals surface area contributed by atoms with Crippen molar-refractivity contribution >= 4 is 13.7 Å². The van der Waals surface area contributed by atoms with Crippen LogP contribution in [0.25, 0.3) is 10.4 Å². The Bertz CT molecular complexity index is 1390. The minimum atomic E-state index is -4.57. The Hall–Kier alpha value is -3.49. The summed E-state index contributed by atoms with van der Waals surface area (Å²) in [6.07, 6.45) is -4.58. The molecule has 6 atom stereocenters. The summed E-state index contributed by atoms with van der Waals surface area (Å²) in [5.41, 5.74) is 5.78. The standard InChI is InChI=1S/C24H33N6O10P/c1-5-37-22(34)17(12-14(2)3)27-41(36,40-16-8-6-15(4)7-9-16)38-13-24(28-29-25)20(33)19(32)21(39-24)30-18(31)10-11-26-23(30)35/h6-11,14,17,19-21,32-33H,5,12-13H2,1-4H3,(H,26,35)(H,27,36)/t17-,19+,20-,21+,24+,41?/m0/s1. The fourth-order valence-electron chi connectivity index (χ4n) is 4.07. The van der Waals surface area contributed by atoms with Crippen molar-refractivity contribution in [2.45, 2.75) is 64.3 Å². The number of aliphatic hydroxyl groups excluding tert-OH is 2. The number of ether oxygens (including phenoxy) is 2. The molecule has 1 aromatic carbocycles. The highest BCUT2D eigenvalue weighted by Crippen LogP contribution is 2.48. The van der Waals surface area contributed by atoms with Crippen LogP contribution in [0.3, 0.4) is 0 Å². The van der Waals surface area contributed by atoms with E-state index < -0.39 is 61.8 Å². The summed E-state index contributed by atoms with van der Waals surface area (Å²) in [4.78, 5) is 42.2. The molecule has 2 aromatic rings. The molecule has 1 aliphatic heterocycles. The molecule has 0 saturated carbocycles. The second-order valence-corrected chi connectivity index (χ2v) is 11.4. The molecule has 4 N–H and O–H groups in total. The molecular formula is C24H33N6O10P.